The second kappa shape index (κ2) is 7.93. The van der Waals surface area contributed by atoms with Crippen LogP contribution in [0.4, 0.5) is 0 Å². The minimum Gasteiger partial charge on any atom is -0.336 e. The third kappa shape index (κ3) is 4.47. The SMILES string of the molecule is CCN1CCN(C(=O)c2cccc(C(=O)N(C)C3CCS(=O)(=O)C3)n2)CC1. The Morgan fingerprint density at radius 1 is 1.19 bits per heavy atom. The van der Waals surface area contributed by atoms with Gasteiger partial charge in [-0.2, -0.15) is 0 Å². The molecule has 0 aliphatic carbocycles. The first-order valence-electron chi connectivity index (χ1n) is 9.27. The first kappa shape index (κ1) is 19.8. The quantitative estimate of drug-likeness (QED) is 0.720. The van der Waals surface area contributed by atoms with E-state index in [1.165, 1.54) is 4.90 Å². The van der Waals surface area contributed by atoms with Crippen LogP contribution in [0.25, 0.3) is 0 Å². The van der Waals surface area contributed by atoms with E-state index in [1.807, 2.05) is 0 Å². The molecule has 1 aromatic rings. The maximum Gasteiger partial charge on any atom is 0.272 e. The van der Waals surface area contributed by atoms with E-state index in [1.54, 1.807) is 30.1 Å². The first-order valence-corrected chi connectivity index (χ1v) is 11.1. The van der Waals surface area contributed by atoms with E-state index in [0.717, 1.165) is 19.6 Å². The van der Waals surface area contributed by atoms with Gasteiger partial charge in [0.05, 0.1) is 11.5 Å². The van der Waals surface area contributed by atoms with E-state index in [2.05, 4.69) is 16.8 Å². The summed E-state index contributed by atoms with van der Waals surface area (Å²) in [6.45, 7) is 6.02. The fourth-order valence-corrected chi connectivity index (χ4v) is 5.30. The Bertz CT molecular complexity index is 818. The minimum atomic E-state index is -3.08. The molecule has 3 heterocycles. The number of hydrogen-bond acceptors (Lipinski definition) is 6. The summed E-state index contributed by atoms with van der Waals surface area (Å²) in [4.78, 5) is 35.2. The van der Waals surface area contributed by atoms with Crippen molar-refractivity contribution < 1.29 is 18.0 Å². The molecule has 2 aliphatic heterocycles. The Morgan fingerprint density at radius 3 is 2.44 bits per heavy atom. The number of carbonyl (C=O) groups is 2. The Hall–Kier alpha value is -2.00. The molecule has 9 heteroatoms. The molecular formula is C18H26N4O4S. The second-order valence-electron chi connectivity index (χ2n) is 7.11. The fraction of sp³-hybridized carbons (Fsp3) is 0.611. The van der Waals surface area contributed by atoms with Gasteiger partial charge in [-0.25, -0.2) is 13.4 Å². The van der Waals surface area contributed by atoms with Crippen molar-refractivity contribution in [3.05, 3.63) is 29.6 Å². The number of likely N-dealkylation sites (N-methyl/N-ethyl adjacent to an activating group) is 1. The molecule has 1 aromatic heterocycles. The van der Waals surface area contributed by atoms with Crippen molar-refractivity contribution in [2.45, 2.75) is 19.4 Å². The molecule has 0 aromatic carbocycles. The summed E-state index contributed by atoms with van der Waals surface area (Å²) in [5, 5.41) is 0. The lowest BCUT2D eigenvalue weighted by atomic mass is 10.2. The van der Waals surface area contributed by atoms with Crippen molar-refractivity contribution in [3.63, 3.8) is 0 Å². The van der Waals surface area contributed by atoms with Gasteiger partial charge in [0.2, 0.25) is 0 Å². The Balaban J connectivity index is 1.69. The summed E-state index contributed by atoms with van der Waals surface area (Å²) < 4.78 is 23.3. The molecule has 0 saturated carbocycles. The number of aromatic nitrogens is 1. The highest BCUT2D eigenvalue weighted by Crippen LogP contribution is 2.18. The van der Waals surface area contributed by atoms with E-state index in [4.69, 9.17) is 0 Å². The number of piperazine rings is 1. The number of hydrogen-bond donors (Lipinski definition) is 0. The number of nitrogens with zero attached hydrogens (tertiary/aromatic N) is 4. The van der Waals surface area contributed by atoms with E-state index < -0.39 is 9.84 Å². The van der Waals surface area contributed by atoms with Crippen LogP contribution in [0, 0.1) is 0 Å². The van der Waals surface area contributed by atoms with Gasteiger partial charge in [0.25, 0.3) is 11.8 Å². The summed E-state index contributed by atoms with van der Waals surface area (Å²) in [5.41, 5.74) is 0.415. The Kier molecular flexibility index (Phi) is 5.81. The highest BCUT2D eigenvalue weighted by atomic mass is 32.2. The third-order valence-corrected chi connectivity index (χ3v) is 7.12. The number of pyridine rings is 1. The molecule has 1 atom stereocenters. The predicted molar refractivity (Wildman–Crippen MR) is 101 cm³/mol. The zero-order valence-corrected chi connectivity index (χ0v) is 16.6. The lowest BCUT2D eigenvalue weighted by Crippen LogP contribution is -2.48. The average molecular weight is 394 g/mol. The normalized spacial score (nSPS) is 22.6. The molecule has 2 fully saturated rings. The largest absolute Gasteiger partial charge is 0.336 e. The molecule has 2 aliphatic rings. The van der Waals surface area contributed by atoms with Gasteiger partial charge in [0.1, 0.15) is 11.4 Å². The number of carbonyl (C=O) groups excluding carboxylic acids is 2. The number of amides is 2. The monoisotopic (exact) mass is 394 g/mol. The number of rotatable bonds is 4. The van der Waals surface area contributed by atoms with Crippen LogP contribution in [0.3, 0.4) is 0 Å². The minimum absolute atomic E-state index is 0.0183. The summed E-state index contributed by atoms with van der Waals surface area (Å²) >= 11 is 0. The van der Waals surface area contributed by atoms with Crippen molar-refractivity contribution in [3.8, 4) is 0 Å². The summed E-state index contributed by atoms with van der Waals surface area (Å²) in [7, 11) is -1.49. The van der Waals surface area contributed by atoms with Crippen LogP contribution in [0.15, 0.2) is 18.2 Å². The molecule has 27 heavy (non-hydrogen) atoms. The van der Waals surface area contributed by atoms with Crippen molar-refractivity contribution in [2.75, 3.05) is 51.3 Å². The third-order valence-electron chi connectivity index (χ3n) is 5.37. The molecular weight excluding hydrogens is 368 g/mol. The molecule has 0 N–H and O–H groups in total. The van der Waals surface area contributed by atoms with Crippen molar-refractivity contribution in [1.29, 1.82) is 0 Å². The van der Waals surface area contributed by atoms with E-state index >= 15 is 0 Å². The zero-order chi connectivity index (χ0) is 19.6. The van der Waals surface area contributed by atoms with E-state index in [9.17, 15) is 18.0 Å². The van der Waals surface area contributed by atoms with Gasteiger partial charge < -0.3 is 14.7 Å². The lowest BCUT2D eigenvalue weighted by Gasteiger charge is -2.33. The standard InChI is InChI=1S/C18H26N4O4S/c1-3-21-8-10-22(11-9-21)18(24)16-6-4-5-15(19-16)17(23)20(2)14-7-12-27(25,26)13-14/h4-6,14H,3,7-13H2,1-2H3. The maximum absolute atomic E-state index is 12.7. The maximum atomic E-state index is 12.7. The first-order chi connectivity index (χ1) is 12.8. The van der Waals surface area contributed by atoms with Crippen molar-refractivity contribution in [1.82, 2.24) is 19.7 Å². The predicted octanol–water partition coefficient (Wildman–Crippen LogP) is 0.118. The van der Waals surface area contributed by atoms with Gasteiger partial charge in [0.15, 0.2) is 9.84 Å². The molecule has 1 unspecified atom stereocenters. The van der Waals surface area contributed by atoms with Gasteiger partial charge in [-0.05, 0) is 25.1 Å². The second-order valence-corrected chi connectivity index (χ2v) is 9.34. The van der Waals surface area contributed by atoms with Gasteiger partial charge in [-0.1, -0.05) is 13.0 Å². The molecule has 3 rings (SSSR count). The van der Waals surface area contributed by atoms with Gasteiger partial charge in [-0.15, -0.1) is 0 Å². The van der Waals surface area contributed by atoms with Crippen LogP contribution < -0.4 is 0 Å². The molecule has 0 spiro atoms. The zero-order valence-electron chi connectivity index (χ0n) is 15.8. The smallest absolute Gasteiger partial charge is 0.272 e. The van der Waals surface area contributed by atoms with E-state index in [-0.39, 0.29) is 40.7 Å². The van der Waals surface area contributed by atoms with Crippen LogP contribution in [0.5, 0.6) is 0 Å². The molecule has 148 valence electrons. The van der Waals surface area contributed by atoms with Crippen LogP contribution in [-0.4, -0.2) is 97.2 Å². The van der Waals surface area contributed by atoms with Crippen LogP contribution in [0.2, 0.25) is 0 Å². The van der Waals surface area contributed by atoms with Gasteiger partial charge in [0, 0.05) is 39.3 Å². The lowest BCUT2D eigenvalue weighted by molar-refractivity contribution is 0.0637. The highest BCUT2D eigenvalue weighted by molar-refractivity contribution is 7.91. The molecule has 0 bridgehead atoms. The van der Waals surface area contributed by atoms with E-state index in [0.29, 0.717) is 19.5 Å². The highest BCUT2D eigenvalue weighted by Gasteiger charge is 2.33. The van der Waals surface area contributed by atoms with Crippen molar-refractivity contribution in [2.24, 2.45) is 0 Å². The van der Waals surface area contributed by atoms with Crippen molar-refractivity contribution >= 4 is 21.7 Å². The van der Waals surface area contributed by atoms with Gasteiger partial charge >= 0.3 is 0 Å². The molecule has 2 saturated heterocycles. The summed E-state index contributed by atoms with van der Waals surface area (Å²) in [5.74, 6) is -0.449. The molecule has 8 nitrogen and oxygen atoms in total. The molecule has 0 radical (unpaired) electrons. The van der Waals surface area contributed by atoms with Crippen LogP contribution >= 0.6 is 0 Å². The summed E-state index contributed by atoms with van der Waals surface area (Å²) in [6.07, 6.45) is 0.435. The number of sulfone groups is 1. The molecule has 2 amide bonds. The topological polar surface area (TPSA) is 90.9 Å². The van der Waals surface area contributed by atoms with Crippen LogP contribution in [0.1, 0.15) is 34.3 Å². The average Bonchev–Trinajstić information content (AvgIpc) is 3.06. The van der Waals surface area contributed by atoms with Gasteiger partial charge in [-0.3, -0.25) is 9.59 Å². The summed E-state index contributed by atoms with van der Waals surface area (Å²) in [6, 6.07) is 4.49. The fourth-order valence-electron chi connectivity index (χ4n) is 3.53. The Labute approximate surface area is 160 Å². The van der Waals surface area contributed by atoms with Crippen LogP contribution in [-0.2, 0) is 9.84 Å². The Morgan fingerprint density at radius 2 is 1.85 bits per heavy atom.